The number of aryl methyl sites for hydroxylation is 1. The van der Waals surface area contributed by atoms with Crippen molar-refractivity contribution in [1.82, 2.24) is 29.4 Å². The van der Waals surface area contributed by atoms with Gasteiger partial charge in [-0.2, -0.15) is 5.10 Å². The number of carbonyl (C=O) groups excluding carboxylic acids is 1. The first kappa shape index (κ1) is 17.9. The number of nitrogens with zero attached hydrogens (tertiary/aromatic N) is 6. The predicted octanol–water partition coefficient (Wildman–Crippen LogP) is 2.93. The van der Waals surface area contributed by atoms with Gasteiger partial charge in [0, 0.05) is 42.8 Å². The summed E-state index contributed by atoms with van der Waals surface area (Å²) in [6.07, 6.45) is 5.56. The SMILES string of the molecule is CCn1c(Cn2cccn2)nnc1C1CCN(C(=O)c2ccc(C)s2)CC1. The zero-order chi connectivity index (χ0) is 18.8. The van der Waals surface area contributed by atoms with Crippen LogP contribution < -0.4 is 0 Å². The van der Waals surface area contributed by atoms with Crippen LogP contribution in [0.15, 0.2) is 30.6 Å². The van der Waals surface area contributed by atoms with Crippen molar-refractivity contribution < 1.29 is 4.79 Å². The van der Waals surface area contributed by atoms with Gasteiger partial charge >= 0.3 is 0 Å². The van der Waals surface area contributed by atoms with Crippen LogP contribution in [0.25, 0.3) is 0 Å². The Morgan fingerprint density at radius 3 is 2.70 bits per heavy atom. The number of amides is 1. The number of rotatable bonds is 5. The Morgan fingerprint density at radius 1 is 1.26 bits per heavy atom. The van der Waals surface area contributed by atoms with Crippen LogP contribution in [0, 0.1) is 6.92 Å². The summed E-state index contributed by atoms with van der Waals surface area (Å²) >= 11 is 1.57. The molecule has 1 saturated heterocycles. The first-order valence-electron chi connectivity index (χ1n) is 9.40. The van der Waals surface area contributed by atoms with Crippen molar-refractivity contribution in [1.29, 1.82) is 0 Å². The topological polar surface area (TPSA) is 68.8 Å². The van der Waals surface area contributed by atoms with Crippen LogP contribution in [0.1, 0.15) is 51.9 Å². The maximum atomic E-state index is 12.7. The Morgan fingerprint density at radius 2 is 2.07 bits per heavy atom. The van der Waals surface area contributed by atoms with E-state index in [0.717, 1.165) is 49.0 Å². The third kappa shape index (κ3) is 3.66. The maximum absolute atomic E-state index is 12.7. The number of piperidine rings is 1. The molecule has 0 aliphatic carbocycles. The fourth-order valence-corrected chi connectivity index (χ4v) is 4.53. The molecule has 7 nitrogen and oxygen atoms in total. The van der Waals surface area contributed by atoms with Crippen LogP contribution in [0.3, 0.4) is 0 Å². The third-order valence-corrected chi connectivity index (χ3v) is 6.12. The number of thiophene rings is 1. The van der Waals surface area contributed by atoms with Crippen LogP contribution in [0.4, 0.5) is 0 Å². The van der Waals surface area contributed by atoms with Gasteiger partial charge in [-0.3, -0.25) is 9.48 Å². The first-order chi connectivity index (χ1) is 13.2. The lowest BCUT2D eigenvalue weighted by molar-refractivity contribution is 0.0715. The van der Waals surface area contributed by atoms with Gasteiger partial charge in [0.1, 0.15) is 12.4 Å². The Hall–Kier alpha value is -2.48. The monoisotopic (exact) mass is 384 g/mol. The van der Waals surface area contributed by atoms with E-state index in [1.165, 1.54) is 4.88 Å². The molecule has 8 heteroatoms. The highest BCUT2D eigenvalue weighted by Gasteiger charge is 2.28. The lowest BCUT2D eigenvalue weighted by atomic mass is 9.95. The molecule has 1 aliphatic heterocycles. The quantitative estimate of drug-likeness (QED) is 0.678. The molecule has 0 aromatic carbocycles. The Balaban J connectivity index is 1.43. The second-order valence-electron chi connectivity index (χ2n) is 6.90. The van der Waals surface area contributed by atoms with Crippen LogP contribution in [-0.4, -0.2) is 48.4 Å². The van der Waals surface area contributed by atoms with Gasteiger partial charge in [0.25, 0.3) is 5.91 Å². The standard InChI is InChI=1S/C19H24N6OS/c1-3-25-17(13-24-10-4-9-20-24)21-22-18(25)15-7-11-23(12-8-15)19(26)16-6-5-14(2)27-16/h4-6,9-10,15H,3,7-8,11-13H2,1-2H3. The zero-order valence-electron chi connectivity index (χ0n) is 15.7. The Labute approximate surface area is 162 Å². The molecule has 142 valence electrons. The minimum absolute atomic E-state index is 0.155. The largest absolute Gasteiger partial charge is 0.338 e. The molecule has 0 bridgehead atoms. The summed E-state index contributed by atoms with van der Waals surface area (Å²) in [7, 11) is 0. The fraction of sp³-hybridized carbons (Fsp3) is 0.474. The molecule has 0 unspecified atom stereocenters. The third-order valence-electron chi connectivity index (χ3n) is 5.13. The molecule has 1 fully saturated rings. The Kier molecular flexibility index (Phi) is 5.07. The van der Waals surface area contributed by atoms with Gasteiger partial charge in [0.15, 0.2) is 5.82 Å². The molecule has 1 amide bonds. The molecule has 27 heavy (non-hydrogen) atoms. The second kappa shape index (κ2) is 7.64. The summed E-state index contributed by atoms with van der Waals surface area (Å²) < 4.78 is 4.07. The summed E-state index contributed by atoms with van der Waals surface area (Å²) in [5, 5.41) is 13.2. The second-order valence-corrected chi connectivity index (χ2v) is 8.19. The first-order valence-corrected chi connectivity index (χ1v) is 10.2. The number of aromatic nitrogens is 5. The number of likely N-dealkylation sites (tertiary alicyclic amines) is 1. The number of hydrogen-bond acceptors (Lipinski definition) is 5. The van der Waals surface area contributed by atoms with Crippen molar-refractivity contribution >= 4 is 17.2 Å². The normalized spacial score (nSPS) is 15.4. The molecule has 1 aliphatic rings. The van der Waals surface area contributed by atoms with Crippen molar-refractivity contribution in [3.05, 3.63) is 52.0 Å². The maximum Gasteiger partial charge on any atom is 0.263 e. The fourth-order valence-electron chi connectivity index (χ4n) is 3.70. The van der Waals surface area contributed by atoms with E-state index in [9.17, 15) is 4.79 Å². The van der Waals surface area contributed by atoms with Gasteiger partial charge in [0.05, 0.1) is 4.88 Å². The summed E-state index contributed by atoms with van der Waals surface area (Å²) in [6, 6.07) is 5.86. The van der Waals surface area contributed by atoms with Crippen molar-refractivity contribution in [3.63, 3.8) is 0 Å². The molecular weight excluding hydrogens is 360 g/mol. The molecule has 0 saturated carbocycles. The van der Waals surface area contributed by atoms with Crippen molar-refractivity contribution in [3.8, 4) is 0 Å². The summed E-state index contributed by atoms with van der Waals surface area (Å²) in [5.41, 5.74) is 0. The van der Waals surface area contributed by atoms with Crippen molar-refractivity contribution in [2.24, 2.45) is 0 Å². The summed E-state index contributed by atoms with van der Waals surface area (Å²) in [6.45, 7) is 7.16. The van der Waals surface area contributed by atoms with E-state index in [-0.39, 0.29) is 5.91 Å². The molecule has 0 N–H and O–H groups in total. The van der Waals surface area contributed by atoms with Crippen molar-refractivity contribution in [2.45, 2.75) is 45.7 Å². The van der Waals surface area contributed by atoms with Crippen LogP contribution >= 0.6 is 11.3 Å². The highest BCUT2D eigenvalue weighted by Crippen LogP contribution is 2.29. The highest BCUT2D eigenvalue weighted by atomic mass is 32.1. The van der Waals surface area contributed by atoms with E-state index in [1.54, 1.807) is 17.5 Å². The molecule has 0 atom stereocenters. The van der Waals surface area contributed by atoms with E-state index >= 15 is 0 Å². The lowest BCUT2D eigenvalue weighted by Crippen LogP contribution is -2.38. The smallest absolute Gasteiger partial charge is 0.263 e. The predicted molar refractivity (Wildman–Crippen MR) is 104 cm³/mol. The molecule has 3 aromatic heterocycles. The molecule has 3 aromatic rings. The minimum atomic E-state index is 0.155. The number of carbonyl (C=O) groups is 1. The van der Waals surface area contributed by atoms with Crippen LogP contribution in [0.2, 0.25) is 0 Å². The summed E-state index contributed by atoms with van der Waals surface area (Å²) in [5.74, 6) is 2.48. The zero-order valence-corrected chi connectivity index (χ0v) is 16.5. The number of hydrogen-bond donors (Lipinski definition) is 0. The molecule has 4 rings (SSSR count). The van der Waals surface area contributed by atoms with E-state index < -0.39 is 0 Å². The molecule has 0 spiro atoms. The lowest BCUT2D eigenvalue weighted by Gasteiger charge is -2.31. The van der Waals surface area contributed by atoms with Crippen molar-refractivity contribution in [2.75, 3.05) is 13.1 Å². The van der Waals surface area contributed by atoms with E-state index in [2.05, 4.69) is 26.8 Å². The minimum Gasteiger partial charge on any atom is -0.338 e. The van der Waals surface area contributed by atoms with E-state index in [4.69, 9.17) is 0 Å². The van der Waals surface area contributed by atoms with Gasteiger partial charge in [-0.1, -0.05) is 0 Å². The van der Waals surface area contributed by atoms with Crippen LogP contribution in [-0.2, 0) is 13.1 Å². The van der Waals surface area contributed by atoms with Crippen LogP contribution in [0.5, 0.6) is 0 Å². The van der Waals surface area contributed by atoms with Gasteiger partial charge < -0.3 is 9.47 Å². The van der Waals surface area contributed by atoms with Gasteiger partial charge in [0.2, 0.25) is 0 Å². The molecule has 0 radical (unpaired) electrons. The highest BCUT2D eigenvalue weighted by molar-refractivity contribution is 7.13. The van der Waals surface area contributed by atoms with E-state index in [1.807, 2.05) is 40.9 Å². The van der Waals surface area contributed by atoms with Gasteiger partial charge in [-0.15, -0.1) is 21.5 Å². The Bertz CT molecular complexity index is 905. The van der Waals surface area contributed by atoms with Gasteiger partial charge in [-0.25, -0.2) is 0 Å². The van der Waals surface area contributed by atoms with E-state index in [0.29, 0.717) is 12.5 Å². The van der Waals surface area contributed by atoms with Gasteiger partial charge in [-0.05, 0) is 44.9 Å². The summed E-state index contributed by atoms with van der Waals surface area (Å²) in [4.78, 5) is 16.6. The average molecular weight is 385 g/mol. The molecular formula is C19H24N6OS. The molecule has 4 heterocycles. The average Bonchev–Trinajstić information content (AvgIpc) is 3.43.